The predicted octanol–water partition coefficient (Wildman–Crippen LogP) is 1.23. The molecule has 0 saturated heterocycles. The van der Waals surface area contributed by atoms with Crippen molar-refractivity contribution in [3.8, 4) is 0 Å². The molecule has 0 aromatic carbocycles. The van der Waals surface area contributed by atoms with Gasteiger partial charge in [0.15, 0.2) is 0 Å². The first-order chi connectivity index (χ1) is 16.5. The summed E-state index contributed by atoms with van der Waals surface area (Å²) in [6.45, 7) is 2.05. The standard InChI is InChI=1S/C14H17N3OS.2C4H4O4/c1-10-5-7-19-14(10)12(17-13(18)9-15)8-11-4-2-3-6-16-11;2*5-3(6)1-2-4(7)8/h2-7,12H,8-9,15H2,1H3,(H,17,18);2*1-2H,(H,5,6)(H,7,8). The summed E-state index contributed by atoms with van der Waals surface area (Å²) >= 11 is 1.65. The fourth-order valence-corrected chi connectivity index (χ4v) is 3.20. The van der Waals surface area contributed by atoms with Crippen LogP contribution in [0, 0.1) is 6.92 Å². The summed E-state index contributed by atoms with van der Waals surface area (Å²) in [5.41, 5.74) is 7.52. The van der Waals surface area contributed by atoms with E-state index in [4.69, 9.17) is 26.2 Å². The second-order valence-corrected chi connectivity index (χ2v) is 7.28. The topological polar surface area (TPSA) is 217 Å². The molecule has 2 aromatic rings. The third kappa shape index (κ3) is 16.0. The van der Waals surface area contributed by atoms with Gasteiger partial charge in [-0.25, -0.2) is 19.2 Å². The summed E-state index contributed by atoms with van der Waals surface area (Å²) in [4.78, 5) is 55.3. The molecular formula is C22H25N3O9S. The third-order valence-electron chi connectivity index (χ3n) is 3.62. The van der Waals surface area contributed by atoms with Crippen LogP contribution >= 0.6 is 11.3 Å². The molecule has 0 fully saturated rings. The summed E-state index contributed by atoms with van der Waals surface area (Å²) < 4.78 is 0. The minimum atomic E-state index is -1.26. The molecule has 0 aliphatic carbocycles. The number of hydrogen-bond acceptors (Lipinski definition) is 8. The highest BCUT2D eigenvalue weighted by atomic mass is 32.1. The van der Waals surface area contributed by atoms with Crippen LogP contribution in [0.4, 0.5) is 0 Å². The summed E-state index contributed by atoms with van der Waals surface area (Å²) in [6.07, 6.45) is 4.67. The Morgan fingerprint density at radius 2 is 1.46 bits per heavy atom. The Kier molecular flexibility index (Phi) is 15.0. The van der Waals surface area contributed by atoms with Gasteiger partial charge in [-0.2, -0.15) is 0 Å². The summed E-state index contributed by atoms with van der Waals surface area (Å²) in [7, 11) is 0. The molecule has 0 spiro atoms. The Bertz CT molecular complexity index is 983. The second kappa shape index (κ2) is 17.2. The van der Waals surface area contributed by atoms with Crippen LogP contribution < -0.4 is 11.1 Å². The highest BCUT2D eigenvalue weighted by Gasteiger charge is 2.18. The molecule has 2 rings (SSSR count). The third-order valence-corrected chi connectivity index (χ3v) is 4.75. The molecule has 188 valence electrons. The number of amides is 1. The molecule has 0 aliphatic heterocycles. The number of carbonyl (C=O) groups excluding carboxylic acids is 1. The average Bonchev–Trinajstić information content (AvgIpc) is 3.23. The zero-order valence-corrected chi connectivity index (χ0v) is 19.3. The number of rotatable bonds is 9. The average molecular weight is 508 g/mol. The molecule has 12 nitrogen and oxygen atoms in total. The Hall–Kier alpha value is -4.36. The molecule has 0 bridgehead atoms. The van der Waals surface area contributed by atoms with E-state index in [9.17, 15) is 24.0 Å². The van der Waals surface area contributed by atoms with Gasteiger partial charge in [0, 0.05) is 47.5 Å². The Balaban J connectivity index is 0.000000601. The molecule has 1 amide bonds. The van der Waals surface area contributed by atoms with E-state index in [0.717, 1.165) is 10.6 Å². The Morgan fingerprint density at radius 3 is 1.80 bits per heavy atom. The summed E-state index contributed by atoms with van der Waals surface area (Å²) in [5, 5.41) is 36.2. The molecule has 0 saturated carbocycles. The van der Waals surface area contributed by atoms with Gasteiger partial charge >= 0.3 is 23.9 Å². The highest BCUT2D eigenvalue weighted by molar-refractivity contribution is 7.10. The van der Waals surface area contributed by atoms with E-state index in [2.05, 4.69) is 16.4 Å². The lowest BCUT2D eigenvalue weighted by Crippen LogP contribution is -2.34. The van der Waals surface area contributed by atoms with Gasteiger partial charge in [-0.1, -0.05) is 6.07 Å². The van der Waals surface area contributed by atoms with Crippen molar-refractivity contribution < 1.29 is 44.4 Å². The highest BCUT2D eigenvalue weighted by Crippen LogP contribution is 2.26. The fraction of sp³-hybridized carbons (Fsp3) is 0.182. The van der Waals surface area contributed by atoms with Crippen molar-refractivity contribution in [3.63, 3.8) is 0 Å². The van der Waals surface area contributed by atoms with E-state index in [-0.39, 0.29) is 18.5 Å². The van der Waals surface area contributed by atoms with Gasteiger partial charge in [0.2, 0.25) is 5.91 Å². The molecular weight excluding hydrogens is 482 g/mol. The van der Waals surface area contributed by atoms with E-state index in [1.54, 1.807) is 17.5 Å². The maximum absolute atomic E-state index is 11.6. The van der Waals surface area contributed by atoms with Crippen molar-refractivity contribution >= 4 is 41.1 Å². The smallest absolute Gasteiger partial charge is 0.328 e. The van der Waals surface area contributed by atoms with Crippen molar-refractivity contribution in [1.29, 1.82) is 0 Å². The van der Waals surface area contributed by atoms with Crippen molar-refractivity contribution in [2.75, 3.05) is 6.54 Å². The predicted molar refractivity (Wildman–Crippen MR) is 126 cm³/mol. The molecule has 0 radical (unpaired) electrons. The van der Waals surface area contributed by atoms with E-state index in [1.807, 2.05) is 30.5 Å². The number of carboxylic acid groups (broad SMARTS) is 4. The summed E-state index contributed by atoms with van der Waals surface area (Å²) in [5.74, 6) is -5.17. The lowest BCUT2D eigenvalue weighted by atomic mass is 10.1. The SMILES string of the molecule is Cc1ccsc1C(Cc1ccccn1)NC(=O)CN.O=C(O)C=CC(=O)O.O=C(O)C=CC(=O)O. The summed E-state index contributed by atoms with van der Waals surface area (Å²) in [6, 6.07) is 7.79. The number of aliphatic carboxylic acids is 4. The first kappa shape index (κ1) is 30.6. The molecule has 2 aromatic heterocycles. The quantitative estimate of drug-likeness (QED) is 0.265. The number of carbonyl (C=O) groups is 5. The van der Waals surface area contributed by atoms with Crippen molar-refractivity contribution in [3.05, 3.63) is 76.3 Å². The number of hydrogen-bond donors (Lipinski definition) is 6. The van der Waals surface area contributed by atoms with Crippen LogP contribution in [0.1, 0.15) is 22.2 Å². The lowest BCUT2D eigenvalue weighted by Gasteiger charge is -2.18. The van der Waals surface area contributed by atoms with E-state index >= 15 is 0 Å². The Morgan fingerprint density at radius 1 is 0.943 bits per heavy atom. The number of thiophene rings is 1. The maximum Gasteiger partial charge on any atom is 0.328 e. The molecule has 1 unspecified atom stereocenters. The molecule has 2 heterocycles. The fourth-order valence-electron chi connectivity index (χ4n) is 2.22. The number of nitrogens with two attached hydrogens (primary N) is 1. The number of nitrogens with zero attached hydrogens (tertiary/aromatic N) is 1. The van der Waals surface area contributed by atoms with Gasteiger partial charge in [-0.15, -0.1) is 11.3 Å². The maximum atomic E-state index is 11.6. The molecule has 35 heavy (non-hydrogen) atoms. The molecule has 0 aliphatic rings. The number of carboxylic acids is 4. The first-order valence-corrected chi connectivity index (χ1v) is 10.5. The van der Waals surface area contributed by atoms with Crippen LogP contribution in [0.15, 0.2) is 60.1 Å². The van der Waals surface area contributed by atoms with Crippen LogP contribution in [0.3, 0.4) is 0 Å². The van der Waals surface area contributed by atoms with Crippen LogP contribution in [0.25, 0.3) is 0 Å². The first-order valence-electron chi connectivity index (χ1n) is 9.67. The van der Waals surface area contributed by atoms with Crippen molar-refractivity contribution in [2.45, 2.75) is 19.4 Å². The van der Waals surface area contributed by atoms with Crippen LogP contribution in [0.2, 0.25) is 0 Å². The lowest BCUT2D eigenvalue weighted by molar-refractivity contribution is -0.134. The number of nitrogens with one attached hydrogen (secondary N) is 1. The van der Waals surface area contributed by atoms with Crippen LogP contribution in [0.5, 0.6) is 0 Å². The molecule has 13 heteroatoms. The van der Waals surface area contributed by atoms with Gasteiger partial charge in [0.1, 0.15) is 0 Å². The van der Waals surface area contributed by atoms with Gasteiger partial charge in [-0.05, 0) is 36.1 Å². The van der Waals surface area contributed by atoms with Gasteiger partial charge in [0.25, 0.3) is 0 Å². The number of aromatic nitrogens is 1. The number of pyridine rings is 1. The normalized spacial score (nSPS) is 10.9. The van der Waals surface area contributed by atoms with Crippen LogP contribution in [-0.4, -0.2) is 61.7 Å². The van der Waals surface area contributed by atoms with E-state index in [0.29, 0.717) is 30.7 Å². The minimum Gasteiger partial charge on any atom is -0.478 e. The van der Waals surface area contributed by atoms with E-state index < -0.39 is 23.9 Å². The second-order valence-electron chi connectivity index (χ2n) is 6.34. The van der Waals surface area contributed by atoms with Crippen molar-refractivity contribution in [2.24, 2.45) is 5.73 Å². The Labute approximate surface area is 204 Å². The number of aryl methyl sites for hydroxylation is 1. The molecule has 1 atom stereocenters. The minimum absolute atomic E-state index is 0.00312. The zero-order valence-electron chi connectivity index (χ0n) is 18.5. The molecule has 7 N–H and O–H groups in total. The van der Waals surface area contributed by atoms with Crippen LogP contribution in [-0.2, 0) is 30.4 Å². The largest absolute Gasteiger partial charge is 0.478 e. The van der Waals surface area contributed by atoms with Gasteiger partial charge in [0.05, 0.1) is 12.6 Å². The van der Waals surface area contributed by atoms with Gasteiger partial charge < -0.3 is 31.5 Å². The zero-order chi connectivity index (χ0) is 26.8. The van der Waals surface area contributed by atoms with Gasteiger partial charge in [-0.3, -0.25) is 9.78 Å². The van der Waals surface area contributed by atoms with E-state index in [1.165, 1.54) is 5.56 Å². The van der Waals surface area contributed by atoms with Crippen molar-refractivity contribution in [1.82, 2.24) is 10.3 Å². The monoisotopic (exact) mass is 507 g/mol.